The molecule has 0 unspecified atom stereocenters. The topological polar surface area (TPSA) is 216 Å². The first-order valence-corrected chi connectivity index (χ1v) is 28.1. The highest BCUT2D eigenvalue weighted by molar-refractivity contribution is 7.90. The van der Waals surface area contributed by atoms with Crippen LogP contribution in [0.5, 0.6) is 5.88 Å². The Balaban J connectivity index is 0.868. The number of H-pyrrole nitrogens is 1. The minimum Gasteiger partial charge on any atom is -0.468 e. The zero-order valence-corrected chi connectivity index (χ0v) is 43.7. The number of nitro benzene ring substituents is 1. The number of piperidine rings is 2. The number of carbonyl (C=O) groups is 1. The minimum absolute atomic E-state index is 0.102. The summed E-state index contributed by atoms with van der Waals surface area (Å²) >= 11 is 0. The molecule has 6 aliphatic rings. The van der Waals surface area contributed by atoms with E-state index in [2.05, 4.69) is 67.8 Å². The number of aromatic nitrogens is 2. The first-order valence-electron chi connectivity index (χ1n) is 26.6. The lowest BCUT2D eigenvalue weighted by atomic mass is 9.59. The van der Waals surface area contributed by atoms with Crippen LogP contribution in [-0.2, 0) is 14.8 Å². The summed E-state index contributed by atoms with van der Waals surface area (Å²) in [6.45, 7) is 11.7. The molecule has 3 saturated heterocycles. The van der Waals surface area contributed by atoms with E-state index < -0.39 is 48.7 Å². The molecule has 0 bridgehead atoms. The Morgan fingerprint density at radius 2 is 1.69 bits per heavy atom. The summed E-state index contributed by atoms with van der Waals surface area (Å²) in [4.78, 5) is 41.1. The Hall–Kier alpha value is -5.79. The van der Waals surface area contributed by atoms with E-state index >= 15 is 0 Å². The van der Waals surface area contributed by atoms with Crippen LogP contribution in [0.4, 0.5) is 28.4 Å². The van der Waals surface area contributed by atoms with Gasteiger partial charge in [-0.1, -0.05) is 38.1 Å². The fourth-order valence-electron chi connectivity index (χ4n) is 13.1. The van der Waals surface area contributed by atoms with Crippen molar-refractivity contribution >= 4 is 55.4 Å². The number of β-amino-alcohol motifs (C(OH)–C–C–N with tert-alkyl or cyclic N) is 1. The molecule has 17 nitrogen and oxygen atoms in total. The number of nitrogens with one attached hydrogen (secondary N) is 3. The summed E-state index contributed by atoms with van der Waals surface area (Å²) in [6, 6.07) is 22.2. The highest BCUT2D eigenvalue weighted by Gasteiger charge is 2.52. The van der Waals surface area contributed by atoms with Gasteiger partial charge >= 0.3 is 0 Å². The number of fused-ring (bicyclic) bond motifs is 3. The van der Waals surface area contributed by atoms with Crippen molar-refractivity contribution in [1.82, 2.24) is 19.6 Å². The van der Waals surface area contributed by atoms with E-state index in [9.17, 15) is 33.5 Å². The van der Waals surface area contributed by atoms with Gasteiger partial charge in [0.15, 0.2) is 0 Å². The van der Waals surface area contributed by atoms with E-state index in [1.54, 1.807) is 12.3 Å². The van der Waals surface area contributed by atoms with E-state index in [-0.39, 0.29) is 34.7 Å². The fourth-order valence-corrected chi connectivity index (χ4v) is 14.1. The van der Waals surface area contributed by atoms with Gasteiger partial charge in [-0.05, 0) is 155 Å². The third-order valence-corrected chi connectivity index (χ3v) is 18.7. The van der Waals surface area contributed by atoms with Gasteiger partial charge in [-0.25, -0.2) is 13.1 Å². The summed E-state index contributed by atoms with van der Waals surface area (Å²) in [5.74, 6) is 0.0679. The summed E-state index contributed by atoms with van der Waals surface area (Å²) in [6.07, 6.45) is 10.5. The quantitative estimate of drug-likeness (QED) is 0.0582. The molecule has 1 spiro atoms. The number of hydrogen-bond donors (Lipinski definition) is 5. The number of carbonyl (C=O) groups excluding carboxylic acids is 1. The molecule has 2 saturated carbocycles. The number of nitro groups is 1. The number of rotatable bonds is 12. The van der Waals surface area contributed by atoms with Gasteiger partial charge in [0.25, 0.3) is 21.6 Å². The van der Waals surface area contributed by atoms with E-state index in [4.69, 9.17) is 14.5 Å². The van der Waals surface area contributed by atoms with Gasteiger partial charge in [0, 0.05) is 68.2 Å². The van der Waals surface area contributed by atoms with Crippen LogP contribution in [0, 0.1) is 21.4 Å². The summed E-state index contributed by atoms with van der Waals surface area (Å²) in [5.41, 5.74) is 3.99. The number of likely N-dealkylation sites (tertiary alicyclic amines) is 1. The highest BCUT2D eigenvalue weighted by Crippen LogP contribution is 2.55. The molecule has 394 valence electrons. The maximum absolute atomic E-state index is 14.7. The van der Waals surface area contributed by atoms with Crippen LogP contribution in [0.3, 0.4) is 0 Å². The van der Waals surface area contributed by atoms with E-state index in [0.29, 0.717) is 80.4 Å². The molecule has 3 aromatic carbocycles. The van der Waals surface area contributed by atoms with Crippen molar-refractivity contribution in [3.05, 3.63) is 106 Å². The van der Waals surface area contributed by atoms with Gasteiger partial charge < -0.3 is 39.8 Å². The first kappa shape index (κ1) is 50.4. The van der Waals surface area contributed by atoms with E-state index in [0.717, 1.165) is 81.6 Å². The predicted octanol–water partition coefficient (Wildman–Crippen LogP) is 9.09. The molecule has 4 atom stereocenters. The Morgan fingerprint density at radius 1 is 0.932 bits per heavy atom. The van der Waals surface area contributed by atoms with Crippen LogP contribution in [0.1, 0.15) is 132 Å². The average Bonchev–Trinajstić information content (AvgIpc) is 3.83. The Labute approximate surface area is 433 Å². The van der Waals surface area contributed by atoms with Crippen LogP contribution < -0.4 is 24.6 Å². The molecule has 1 amide bonds. The number of sulfonamides is 1. The smallest absolute Gasteiger partial charge is 0.293 e. The van der Waals surface area contributed by atoms with E-state index in [1.165, 1.54) is 23.3 Å². The van der Waals surface area contributed by atoms with Crippen molar-refractivity contribution in [3.8, 4) is 5.88 Å². The molecular weight excluding hydrogens is 961 g/mol. The number of anilines is 4. The molecule has 74 heavy (non-hydrogen) atoms. The van der Waals surface area contributed by atoms with Crippen molar-refractivity contribution in [3.63, 3.8) is 0 Å². The molecule has 4 aliphatic heterocycles. The van der Waals surface area contributed by atoms with E-state index in [1.807, 2.05) is 38.1 Å². The molecule has 5 fully saturated rings. The average molecular weight is 1030 g/mol. The number of pyridine rings is 1. The molecule has 6 heterocycles. The van der Waals surface area contributed by atoms with Gasteiger partial charge in [-0.15, -0.1) is 0 Å². The van der Waals surface area contributed by atoms with Crippen LogP contribution in [0.15, 0.2) is 83.9 Å². The fraction of sp³-hybridized carbons (Fsp3) is 0.536. The minimum atomic E-state index is -4.63. The van der Waals surface area contributed by atoms with Crippen LogP contribution >= 0.6 is 0 Å². The molecule has 11 rings (SSSR count). The maximum atomic E-state index is 14.7. The number of ether oxygens (including phenoxy) is 2. The number of hydrogen-bond acceptors (Lipinski definition) is 14. The number of aliphatic hydroxyl groups is 2. The van der Waals surface area contributed by atoms with Crippen molar-refractivity contribution in [2.75, 3.05) is 54.5 Å². The van der Waals surface area contributed by atoms with Gasteiger partial charge in [-0.2, -0.15) is 4.98 Å². The predicted molar refractivity (Wildman–Crippen MR) is 284 cm³/mol. The summed E-state index contributed by atoms with van der Waals surface area (Å²) < 4.78 is 43.1. The largest absolute Gasteiger partial charge is 0.468 e. The second-order valence-electron chi connectivity index (χ2n) is 23.1. The first-order chi connectivity index (χ1) is 35.3. The summed E-state index contributed by atoms with van der Waals surface area (Å²) in [5, 5.41) is 38.2. The van der Waals surface area contributed by atoms with Crippen LogP contribution in [0.2, 0.25) is 0 Å². The van der Waals surface area contributed by atoms with Gasteiger partial charge in [0.05, 0.1) is 44.9 Å². The molecule has 5 N–H and O–H groups in total. The molecular formula is C56H70N8O9S. The maximum Gasteiger partial charge on any atom is 0.293 e. The third-order valence-electron chi connectivity index (χ3n) is 17.4. The molecule has 0 radical (unpaired) electrons. The van der Waals surface area contributed by atoms with Crippen molar-refractivity contribution < 1.29 is 37.8 Å². The van der Waals surface area contributed by atoms with Crippen molar-refractivity contribution in [1.29, 1.82) is 0 Å². The molecule has 5 aromatic rings. The summed E-state index contributed by atoms with van der Waals surface area (Å²) in [7, 11) is -4.63. The van der Waals surface area contributed by atoms with Crippen LogP contribution in [0.25, 0.3) is 11.0 Å². The second-order valence-corrected chi connectivity index (χ2v) is 24.8. The third kappa shape index (κ3) is 9.83. The molecule has 18 heteroatoms. The van der Waals surface area contributed by atoms with Gasteiger partial charge in [-0.3, -0.25) is 19.8 Å². The lowest BCUT2D eigenvalue weighted by molar-refractivity contribution is -0.384. The monoisotopic (exact) mass is 1030 g/mol. The van der Waals surface area contributed by atoms with Crippen molar-refractivity contribution in [2.24, 2.45) is 11.3 Å². The Bertz CT molecular complexity index is 3040. The Morgan fingerprint density at radius 3 is 2.45 bits per heavy atom. The normalized spacial score (nSPS) is 27.3. The highest BCUT2D eigenvalue weighted by atomic mass is 32.2. The second kappa shape index (κ2) is 19.4. The van der Waals surface area contributed by atoms with Gasteiger partial charge in [0.2, 0.25) is 5.88 Å². The standard InChI is InChI=1S/C56H70N8O9S/c1-35(2)41-7-5-6-8-42(41)45-15-20-55(4,67)34-62(45)39-30-56(31-39)21-24-61(25-22-56)38-9-11-43(47(28-38)63-46-17-26-72-33-50(46)73-53-49(63)27-37-16-23-57-51(37)59-53)52(65)60-74(70,71)40-10-12-44(48(29-40)64(68)69)58-32-36-13-18-54(3,66)19-14-36/h5-12,16,23,27-29,35-36,39,45-46,50,58,66-67H,13-15,17-22,24-26,30-34H2,1-4H3,(H,57,59)(H,60,65)/t36?,45-,46-,50-,54?,55+/m0/s1. The number of benzene rings is 3. The molecule has 2 aromatic heterocycles. The lowest BCUT2D eigenvalue weighted by Gasteiger charge is -2.59. The number of aromatic amines is 1. The molecule has 2 aliphatic carbocycles. The SMILES string of the molecule is CC(C)c1ccccc1[C@@H]1CC[C@@](C)(O)CN1C1CC2(CCN(c3ccc(C(=O)NS(=O)(=O)c4ccc(NCC5CCC(C)(O)CC5)c([N+](=O)[O-])c4)c(N4c5cc6cc[nH]c6nc5O[C@H]5COCC[C@@H]54)c3)CC2)C1. The Kier molecular flexibility index (Phi) is 13.2. The lowest BCUT2D eigenvalue weighted by Crippen LogP contribution is -2.60. The number of nitrogens with zero attached hydrogens (tertiary/aromatic N) is 5. The van der Waals surface area contributed by atoms with Crippen molar-refractivity contribution in [2.45, 2.75) is 145 Å². The van der Waals surface area contributed by atoms with Crippen LogP contribution in [-0.4, -0.2) is 113 Å². The zero-order valence-electron chi connectivity index (χ0n) is 42.9. The number of amides is 1. The van der Waals surface area contributed by atoms with Gasteiger partial charge in [0.1, 0.15) is 23.1 Å². The zero-order chi connectivity index (χ0) is 51.7.